The number of esters is 1. The number of rotatable bonds is 11. The van der Waals surface area contributed by atoms with Gasteiger partial charge in [0.2, 0.25) is 0 Å². The molecule has 0 aliphatic heterocycles. The highest BCUT2D eigenvalue weighted by Crippen LogP contribution is 2.43. The Bertz CT molecular complexity index is 395. The van der Waals surface area contributed by atoms with Crippen molar-refractivity contribution in [3.63, 3.8) is 0 Å². The van der Waals surface area contributed by atoms with Gasteiger partial charge in [0.1, 0.15) is 0 Å². The van der Waals surface area contributed by atoms with E-state index in [0.29, 0.717) is 12.5 Å². The Balaban J connectivity index is 5.30. The van der Waals surface area contributed by atoms with Crippen LogP contribution in [0.3, 0.4) is 0 Å². The zero-order chi connectivity index (χ0) is 19.2. The van der Waals surface area contributed by atoms with Gasteiger partial charge in [0.05, 0.1) is 6.61 Å². The third-order valence-corrected chi connectivity index (χ3v) is 22.4. The Morgan fingerprint density at radius 3 is 1.50 bits per heavy atom. The maximum absolute atomic E-state index is 11.2. The molecule has 0 atom stereocenters. The minimum Gasteiger partial charge on any atom is -0.463 e. The van der Waals surface area contributed by atoms with Gasteiger partial charge in [-0.05, 0) is 6.42 Å². The third kappa shape index (κ3) is 16.1. The normalized spacial score (nSPS) is 13.7. The fraction of sp³-hybridized carbons (Fsp3) is 0.500. The molecule has 0 unspecified atom stereocenters. The first kappa shape index (κ1) is 28.3. The van der Waals surface area contributed by atoms with Crippen LogP contribution >= 0.6 is 138 Å². The van der Waals surface area contributed by atoms with Gasteiger partial charge in [-0.1, -0.05) is 144 Å². The van der Waals surface area contributed by atoms with Crippen LogP contribution in [0.4, 0.5) is 0 Å². The maximum atomic E-state index is 11.2. The second-order valence-corrected chi connectivity index (χ2v) is 69.7. The van der Waals surface area contributed by atoms with Gasteiger partial charge >= 0.3 is 27.3 Å². The first-order chi connectivity index (χ1) is 10.6. The van der Waals surface area contributed by atoms with Crippen LogP contribution < -0.4 is 0 Å². The van der Waals surface area contributed by atoms with Gasteiger partial charge in [0.25, 0.3) is 0 Å². The lowest BCUT2D eigenvalue weighted by atomic mass is 10.5. The lowest BCUT2D eigenvalue weighted by Gasteiger charge is -2.37. The van der Waals surface area contributed by atoms with Gasteiger partial charge in [-0.25, -0.2) is 4.79 Å². The van der Waals surface area contributed by atoms with E-state index in [1.54, 1.807) is 0 Å². The molecule has 0 aliphatic carbocycles. The maximum Gasteiger partial charge on any atom is 0.474 e. The van der Waals surface area contributed by atoms with Crippen molar-refractivity contribution >= 4 is 165 Å². The molecule has 0 radical (unpaired) electrons. The quantitative estimate of drug-likeness (QED) is 0.0739. The number of carbonyl (C=O) groups excluding carboxylic acids is 1. The van der Waals surface area contributed by atoms with Gasteiger partial charge in [0, 0.05) is 12.1 Å². The van der Waals surface area contributed by atoms with Crippen molar-refractivity contribution in [1.82, 2.24) is 0 Å². The summed E-state index contributed by atoms with van der Waals surface area (Å²) in [4.78, 5) is 11.2. The molecular formula is C6H9Br9O5Si4. The molecule has 0 aromatic carbocycles. The number of ether oxygens (including phenoxy) is 1. The number of halogens is 9. The summed E-state index contributed by atoms with van der Waals surface area (Å²) in [5.41, 5.74) is 0. The Kier molecular flexibility index (Phi) is 14.4. The Labute approximate surface area is 215 Å². The van der Waals surface area contributed by atoms with Crippen LogP contribution in [0.2, 0.25) is 6.04 Å². The molecule has 0 amide bonds. The molecule has 0 rings (SSSR count). The van der Waals surface area contributed by atoms with Crippen molar-refractivity contribution < 1.29 is 21.9 Å². The van der Waals surface area contributed by atoms with Crippen molar-refractivity contribution in [2.24, 2.45) is 0 Å². The van der Waals surface area contributed by atoms with Crippen molar-refractivity contribution in [2.75, 3.05) is 6.61 Å². The Hall–Kier alpha value is 4.28. The molecule has 0 aromatic heterocycles. The molecule has 0 N–H and O–H groups in total. The lowest BCUT2D eigenvalue weighted by molar-refractivity contribution is -0.137. The zero-order valence-corrected chi connectivity index (χ0v) is 29.6. The molecule has 0 bridgehead atoms. The Morgan fingerprint density at radius 1 is 0.833 bits per heavy atom. The van der Waals surface area contributed by atoms with E-state index < -0.39 is 27.3 Å². The van der Waals surface area contributed by atoms with Gasteiger partial charge in [-0.3, -0.25) is 0 Å². The molecule has 0 heterocycles. The average Bonchev–Trinajstić information content (AvgIpc) is 2.27. The van der Waals surface area contributed by atoms with Crippen molar-refractivity contribution in [3.8, 4) is 0 Å². The van der Waals surface area contributed by atoms with Crippen LogP contribution in [-0.4, -0.2) is 33.9 Å². The second kappa shape index (κ2) is 12.2. The predicted molar refractivity (Wildman–Crippen MR) is 137 cm³/mol. The highest BCUT2D eigenvalue weighted by atomic mass is 80.0. The Morgan fingerprint density at radius 2 is 1.21 bits per heavy atom. The summed E-state index contributed by atoms with van der Waals surface area (Å²) in [6.07, 6.45) is 1.60. The van der Waals surface area contributed by atoms with Crippen molar-refractivity contribution in [3.05, 3.63) is 12.7 Å². The number of hydrogen-bond acceptors (Lipinski definition) is 5. The van der Waals surface area contributed by atoms with E-state index in [2.05, 4.69) is 144 Å². The van der Waals surface area contributed by atoms with Crippen molar-refractivity contribution in [1.29, 1.82) is 0 Å². The minimum absolute atomic E-state index is 0.194. The fourth-order valence-electron chi connectivity index (χ4n) is 1.26. The van der Waals surface area contributed by atoms with E-state index in [1.165, 1.54) is 0 Å². The first-order valence-corrected chi connectivity index (χ1v) is 33.6. The molecule has 0 aromatic rings. The molecule has 18 heteroatoms. The van der Waals surface area contributed by atoms with Gasteiger partial charge in [-0.2, -0.15) is 0 Å². The lowest BCUT2D eigenvalue weighted by Crippen LogP contribution is -2.56. The fourth-order valence-corrected chi connectivity index (χ4v) is 28.9. The average molecular weight is 993 g/mol. The van der Waals surface area contributed by atoms with E-state index in [1.807, 2.05) is 0 Å². The van der Waals surface area contributed by atoms with E-state index in [0.717, 1.165) is 6.08 Å². The van der Waals surface area contributed by atoms with Crippen molar-refractivity contribution in [2.45, 2.75) is 12.5 Å². The summed E-state index contributed by atoms with van der Waals surface area (Å²) in [6.45, 7) is 3.55. The van der Waals surface area contributed by atoms with Crippen LogP contribution in [0.1, 0.15) is 6.42 Å². The largest absolute Gasteiger partial charge is 0.474 e. The summed E-state index contributed by atoms with van der Waals surface area (Å²) in [5, 5.41) is 0. The SMILES string of the molecule is C=CC(=O)OCCC[Si](O[Si](Br)(Br)Br)(O[Si](Br)(Br)Br)O[Si](Br)(Br)Br. The van der Waals surface area contributed by atoms with E-state index in [9.17, 15) is 4.79 Å². The van der Waals surface area contributed by atoms with E-state index >= 15 is 0 Å². The molecule has 0 saturated heterocycles. The number of hydrogen-bond donors (Lipinski definition) is 0. The summed E-state index contributed by atoms with van der Waals surface area (Å²) in [5.74, 6) is -0.481. The topological polar surface area (TPSA) is 54.0 Å². The van der Waals surface area contributed by atoms with Gasteiger partial charge < -0.3 is 17.1 Å². The minimum atomic E-state index is -3.24. The van der Waals surface area contributed by atoms with E-state index in [4.69, 9.17) is 17.1 Å². The summed E-state index contributed by atoms with van der Waals surface area (Å²) >= 11 is 30.9. The van der Waals surface area contributed by atoms with Crippen LogP contribution in [0.25, 0.3) is 0 Å². The zero-order valence-electron chi connectivity index (χ0n) is 11.3. The van der Waals surface area contributed by atoms with Gasteiger partial charge in [-0.15, -0.1) is 0 Å². The first-order valence-electron chi connectivity index (χ1n) is 5.67. The monoisotopic (exact) mass is 983 g/mol. The van der Waals surface area contributed by atoms with E-state index in [-0.39, 0.29) is 6.61 Å². The standard InChI is InChI=1S/C6H9Br9O5Si4/c1-2-6(16)17-4-3-5-21(18-22(7,8)9,19-23(10,11)12)20-24(13,14)15/h2H,1,3-5H2. The molecule has 24 heavy (non-hydrogen) atoms. The molecular weight excluding hydrogens is 984 g/mol. The van der Waals surface area contributed by atoms with Crippen LogP contribution in [0.5, 0.6) is 0 Å². The highest BCUT2D eigenvalue weighted by Gasteiger charge is 2.55. The molecule has 0 spiro atoms. The predicted octanol–water partition coefficient (Wildman–Crippen LogP) is 6.96. The van der Waals surface area contributed by atoms with Crippen LogP contribution in [-0.2, 0) is 21.9 Å². The van der Waals surface area contributed by atoms with Crippen LogP contribution in [0.15, 0.2) is 12.7 Å². The molecule has 0 fully saturated rings. The second-order valence-electron chi connectivity index (χ2n) is 3.80. The summed E-state index contributed by atoms with van der Waals surface area (Å²) in [6, 6.07) is 0.407. The molecule has 142 valence electrons. The smallest absolute Gasteiger partial charge is 0.463 e. The molecule has 0 aliphatic rings. The van der Waals surface area contributed by atoms with Crippen LogP contribution in [0, 0.1) is 0 Å². The molecule has 5 nitrogen and oxygen atoms in total. The molecule has 0 saturated carbocycles. The number of carbonyl (C=O) groups is 1. The van der Waals surface area contributed by atoms with Gasteiger partial charge in [0.15, 0.2) is 0 Å². The summed E-state index contributed by atoms with van der Waals surface area (Å²) in [7, 11) is -3.24. The third-order valence-electron chi connectivity index (χ3n) is 1.85. The summed E-state index contributed by atoms with van der Waals surface area (Å²) < 4.78 is 15.8. The highest BCUT2D eigenvalue weighted by molar-refractivity contribution is 9.72.